The maximum atomic E-state index is 5.93. The number of nitrogens with two attached hydrogens (primary N) is 1. The van der Waals surface area contributed by atoms with Crippen LogP contribution in [0.2, 0.25) is 10.0 Å². The van der Waals surface area contributed by atoms with E-state index in [1.54, 1.807) is 12.1 Å². The van der Waals surface area contributed by atoms with Crippen LogP contribution in [0.5, 0.6) is 0 Å². The summed E-state index contributed by atoms with van der Waals surface area (Å²) in [4.78, 5) is 4.28. The van der Waals surface area contributed by atoms with Crippen molar-refractivity contribution in [1.82, 2.24) is 0 Å². The number of benzene rings is 2. The van der Waals surface area contributed by atoms with E-state index in [4.69, 9.17) is 28.9 Å². The van der Waals surface area contributed by atoms with Gasteiger partial charge in [-0.1, -0.05) is 59.6 Å². The lowest BCUT2D eigenvalue weighted by Crippen LogP contribution is -2.07. The summed E-state index contributed by atoms with van der Waals surface area (Å²) in [5.74, 6) is 0.463. The highest BCUT2D eigenvalue weighted by atomic mass is 35.5. The normalized spacial score (nSPS) is 12.0. The van der Waals surface area contributed by atoms with Crippen molar-refractivity contribution in [3.05, 3.63) is 75.8 Å². The predicted molar refractivity (Wildman–Crippen MR) is 87.3 cm³/mol. The molecule has 0 unspecified atom stereocenters. The van der Waals surface area contributed by atoms with Crippen molar-refractivity contribution >= 4 is 35.1 Å². The third-order valence-electron chi connectivity index (χ3n) is 2.61. The molecule has 0 fully saturated rings. The number of hydrogen-bond acceptors (Lipinski definition) is 1. The molecule has 2 nitrogen and oxygen atoms in total. The van der Waals surface area contributed by atoms with Crippen molar-refractivity contribution in [3.8, 4) is 0 Å². The van der Waals surface area contributed by atoms with Crippen LogP contribution in [0.1, 0.15) is 11.1 Å². The molecule has 0 saturated carbocycles. The molecule has 0 radical (unpaired) electrons. The summed E-state index contributed by atoms with van der Waals surface area (Å²) in [6.07, 6.45) is 3.70. The van der Waals surface area contributed by atoms with Gasteiger partial charge in [-0.2, -0.15) is 0 Å². The molecular formula is C16H14Cl2N2. The molecule has 0 bridgehead atoms. The fraction of sp³-hybridized carbons (Fsp3) is 0.0625. The second-order valence-electron chi connectivity index (χ2n) is 4.26. The summed E-state index contributed by atoms with van der Waals surface area (Å²) in [5, 5.41) is 1.20. The molecule has 0 saturated heterocycles. The van der Waals surface area contributed by atoms with Crippen molar-refractivity contribution in [2.24, 2.45) is 10.7 Å². The van der Waals surface area contributed by atoms with Gasteiger partial charge in [0, 0.05) is 10.0 Å². The first kappa shape index (κ1) is 14.6. The van der Waals surface area contributed by atoms with Gasteiger partial charge in [0.15, 0.2) is 0 Å². The maximum absolute atomic E-state index is 5.93. The number of hydrogen-bond donors (Lipinski definition) is 1. The van der Waals surface area contributed by atoms with E-state index < -0.39 is 0 Å². The smallest absolute Gasteiger partial charge is 0.118 e. The summed E-state index contributed by atoms with van der Waals surface area (Å²) in [6.45, 7) is 0.450. The number of rotatable bonds is 4. The lowest BCUT2D eigenvalue weighted by Gasteiger charge is -2.00. The Labute approximate surface area is 128 Å². The van der Waals surface area contributed by atoms with Crippen LogP contribution >= 0.6 is 23.2 Å². The van der Waals surface area contributed by atoms with Crippen molar-refractivity contribution in [2.45, 2.75) is 6.54 Å². The van der Waals surface area contributed by atoms with Gasteiger partial charge in [-0.3, -0.25) is 4.99 Å². The second-order valence-corrected chi connectivity index (χ2v) is 5.14. The molecule has 0 amide bonds. The van der Waals surface area contributed by atoms with E-state index >= 15 is 0 Å². The van der Waals surface area contributed by atoms with Crippen LogP contribution in [0.3, 0.4) is 0 Å². The predicted octanol–water partition coefficient (Wildman–Crippen LogP) is 4.56. The zero-order valence-corrected chi connectivity index (χ0v) is 12.3. The standard InChI is InChI=1S/C16H14Cl2N2/c17-14-8-13(9-15(18)10-14)11-20-16(19)7-6-12-4-2-1-3-5-12/h1-10H,11H2,(H2,19,20). The van der Waals surface area contributed by atoms with E-state index in [0.717, 1.165) is 11.1 Å². The SMILES string of the molecule is NC(C=Cc1ccccc1)=NCc1cc(Cl)cc(Cl)c1. The highest BCUT2D eigenvalue weighted by molar-refractivity contribution is 6.34. The summed E-state index contributed by atoms with van der Waals surface area (Å²) in [7, 11) is 0. The lowest BCUT2D eigenvalue weighted by molar-refractivity contribution is 1.06. The molecule has 2 N–H and O–H groups in total. The molecule has 0 aliphatic carbocycles. The molecule has 4 heteroatoms. The Morgan fingerprint density at radius 2 is 1.70 bits per heavy atom. The molecular weight excluding hydrogens is 291 g/mol. The van der Waals surface area contributed by atoms with Gasteiger partial charge in [0.2, 0.25) is 0 Å². The van der Waals surface area contributed by atoms with Crippen molar-refractivity contribution < 1.29 is 0 Å². The number of amidine groups is 1. The van der Waals surface area contributed by atoms with Crippen LogP contribution in [-0.4, -0.2) is 5.84 Å². The van der Waals surface area contributed by atoms with Crippen LogP contribution in [0.4, 0.5) is 0 Å². The Balaban J connectivity index is 2.02. The van der Waals surface area contributed by atoms with Gasteiger partial charge in [0.1, 0.15) is 5.84 Å². The van der Waals surface area contributed by atoms with Gasteiger partial charge in [-0.15, -0.1) is 0 Å². The van der Waals surface area contributed by atoms with Crippen LogP contribution < -0.4 is 5.73 Å². The first-order valence-electron chi connectivity index (χ1n) is 6.11. The van der Waals surface area contributed by atoms with Crippen molar-refractivity contribution in [3.63, 3.8) is 0 Å². The largest absolute Gasteiger partial charge is 0.384 e. The minimum Gasteiger partial charge on any atom is -0.384 e. The van der Waals surface area contributed by atoms with E-state index in [2.05, 4.69) is 4.99 Å². The number of halogens is 2. The molecule has 0 heterocycles. The molecule has 0 atom stereocenters. The molecule has 0 aliphatic heterocycles. The topological polar surface area (TPSA) is 38.4 Å². The molecule has 0 aliphatic rings. The van der Waals surface area contributed by atoms with E-state index in [0.29, 0.717) is 22.4 Å². The second kappa shape index (κ2) is 7.13. The zero-order valence-electron chi connectivity index (χ0n) is 10.8. The van der Waals surface area contributed by atoms with Gasteiger partial charge in [-0.05, 0) is 35.4 Å². The molecule has 2 aromatic rings. The third-order valence-corrected chi connectivity index (χ3v) is 3.05. The van der Waals surface area contributed by atoms with Gasteiger partial charge in [0.05, 0.1) is 6.54 Å². The van der Waals surface area contributed by atoms with Crippen LogP contribution in [-0.2, 0) is 6.54 Å². The summed E-state index contributed by atoms with van der Waals surface area (Å²) in [6, 6.07) is 15.3. The fourth-order valence-corrected chi connectivity index (χ4v) is 2.25. The Kier molecular flexibility index (Phi) is 5.22. The van der Waals surface area contributed by atoms with Crippen molar-refractivity contribution in [2.75, 3.05) is 0 Å². The highest BCUT2D eigenvalue weighted by Gasteiger charge is 1.97. The van der Waals surface area contributed by atoms with Crippen LogP contribution in [0, 0.1) is 0 Å². The summed E-state index contributed by atoms with van der Waals surface area (Å²) >= 11 is 11.9. The van der Waals surface area contributed by atoms with Crippen LogP contribution in [0.25, 0.3) is 6.08 Å². The molecule has 2 aromatic carbocycles. The summed E-state index contributed by atoms with van der Waals surface area (Å²) in [5.41, 5.74) is 7.85. The van der Waals surface area contributed by atoms with Gasteiger partial charge < -0.3 is 5.73 Å². The summed E-state index contributed by atoms with van der Waals surface area (Å²) < 4.78 is 0. The van der Waals surface area contributed by atoms with E-state index in [1.165, 1.54) is 0 Å². The number of nitrogens with zero attached hydrogens (tertiary/aromatic N) is 1. The Bertz CT molecular complexity index is 614. The van der Waals surface area contributed by atoms with E-state index in [-0.39, 0.29) is 0 Å². The third kappa shape index (κ3) is 4.72. The zero-order chi connectivity index (χ0) is 14.4. The molecule has 2 rings (SSSR count). The fourth-order valence-electron chi connectivity index (χ4n) is 1.68. The van der Waals surface area contributed by atoms with Gasteiger partial charge in [0.25, 0.3) is 0 Å². The average Bonchev–Trinajstić information content (AvgIpc) is 2.43. The lowest BCUT2D eigenvalue weighted by atomic mass is 10.2. The molecule has 102 valence electrons. The highest BCUT2D eigenvalue weighted by Crippen LogP contribution is 2.19. The van der Waals surface area contributed by atoms with Gasteiger partial charge >= 0.3 is 0 Å². The minimum atomic E-state index is 0.450. The molecule has 0 spiro atoms. The van der Waals surface area contributed by atoms with Crippen LogP contribution in [0.15, 0.2) is 59.6 Å². The monoisotopic (exact) mass is 304 g/mol. The van der Waals surface area contributed by atoms with E-state index in [9.17, 15) is 0 Å². The first-order valence-corrected chi connectivity index (χ1v) is 6.87. The first-order chi connectivity index (χ1) is 9.63. The molecule has 0 aromatic heterocycles. The average molecular weight is 305 g/mol. The Morgan fingerprint density at radius 3 is 2.35 bits per heavy atom. The van der Waals surface area contributed by atoms with E-state index in [1.807, 2.05) is 48.5 Å². The minimum absolute atomic E-state index is 0.450. The Morgan fingerprint density at radius 1 is 1.05 bits per heavy atom. The maximum Gasteiger partial charge on any atom is 0.118 e. The van der Waals surface area contributed by atoms with Gasteiger partial charge in [-0.25, -0.2) is 0 Å². The molecule has 20 heavy (non-hydrogen) atoms. The Hall–Kier alpha value is -1.77. The quantitative estimate of drug-likeness (QED) is 0.652. The van der Waals surface area contributed by atoms with Crippen molar-refractivity contribution in [1.29, 1.82) is 0 Å². The number of aliphatic imine (C=N–C) groups is 1.